The summed E-state index contributed by atoms with van der Waals surface area (Å²) in [6.45, 7) is 1.98. The van der Waals surface area contributed by atoms with Gasteiger partial charge in [-0.1, -0.05) is 12.1 Å². The lowest BCUT2D eigenvalue weighted by Crippen LogP contribution is -2.35. The molecule has 0 radical (unpaired) electrons. The minimum atomic E-state index is 0.446. The number of H-pyrrole nitrogens is 1. The third-order valence-corrected chi connectivity index (χ3v) is 4.09. The number of anilines is 1. The van der Waals surface area contributed by atoms with Crippen molar-refractivity contribution in [1.29, 1.82) is 0 Å². The number of aromatic nitrogens is 4. The topological polar surface area (TPSA) is 57.7 Å². The van der Waals surface area contributed by atoms with Gasteiger partial charge in [0.15, 0.2) is 0 Å². The summed E-state index contributed by atoms with van der Waals surface area (Å²) in [5.41, 5.74) is 1.90. The number of aromatic amines is 1. The van der Waals surface area contributed by atoms with Crippen molar-refractivity contribution in [3.63, 3.8) is 0 Å². The fourth-order valence-corrected chi connectivity index (χ4v) is 3.01. The van der Waals surface area contributed by atoms with Gasteiger partial charge in [-0.3, -0.25) is 4.98 Å². The van der Waals surface area contributed by atoms with Crippen LogP contribution in [0.5, 0.6) is 0 Å². The molecule has 1 aliphatic heterocycles. The smallest absolute Gasteiger partial charge is 0.147 e. The molecule has 5 heteroatoms. The van der Waals surface area contributed by atoms with Crippen LogP contribution in [0.15, 0.2) is 42.9 Å². The van der Waals surface area contributed by atoms with Crippen LogP contribution in [0, 0.1) is 0 Å². The number of piperidine rings is 1. The van der Waals surface area contributed by atoms with Gasteiger partial charge in [0.05, 0.1) is 17.2 Å². The van der Waals surface area contributed by atoms with E-state index in [0.717, 1.165) is 42.2 Å². The minimum absolute atomic E-state index is 0.446. The highest BCUT2D eigenvalue weighted by atomic mass is 15.2. The number of nitrogens with zero attached hydrogens (tertiary/aromatic N) is 4. The molecule has 106 valence electrons. The molecule has 1 aliphatic rings. The van der Waals surface area contributed by atoms with E-state index in [9.17, 15) is 0 Å². The molecule has 21 heavy (non-hydrogen) atoms. The van der Waals surface area contributed by atoms with Crippen LogP contribution in [0.4, 0.5) is 5.82 Å². The van der Waals surface area contributed by atoms with Gasteiger partial charge >= 0.3 is 0 Å². The standard InChI is InChI=1S/C16H17N5/c1-2-6-14-13(5-1)19-10-15(20-14)21-9-3-4-12(11-21)16-17-7-8-18-16/h1-2,5-8,10,12H,3-4,9,11H2,(H,17,18). The Labute approximate surface area is 123 Å². The second-order valence-electron chi connectivity index (χ2n) is 5.48. The van der Waals surface area contributed by atoms with Crippen LogP contribution in [0.3, 0.4) is 0 Å². The molecule has 0 saturated carbocycles. The van der Waals surface area contributed by atoms with Crippen molar-refractivity contribution in [2.24, 2.45) is 0 Å². The number of nitrogens with one attached hydrogen (secondary N) is 1. The summed E-state index contributed by atoms with van der Waals surface area (Å²) in [6, 6.07) is 8.00. The monoisotopic (exact) mass is 279 g/mol. The molecule has 0 aliphatic carbocycles. The summed E-state index contributed by atoms with van der Waals surface area (Å²) in [6.07, 6.45) is 7.92. The fraction of sp³-hybridized carbons (Fsp3) is 0.312. The quantitative estimate of drug-likeness (QED) is 0.783. The van der Waals surface area contributed by atoms with Gasteiger partial charge in [0.1, 0.15) is 11.6 Å². The lowest BCUT2D eigenvalue weighted by atomic mass is 9.97. The van der Waals surface area contributed by atoms with Crippen molar-refractivity contribution in [2.75, 3.05) is 18.0 Å². The maximum absolute atomic E-state index is 4.75. The van der Waals surface area contributed by atoms with Crippen LogP contribution in [0.2, 0.25) is 0 Å². The van der Waals surface area contributed by atoms with Gasteiger partial charge in [0.25, 0.3) is 0 Å². The molecule has 2 aromatic heterocycles. The molecule has 1 N–H and O–H groups in total. The molecule has 1 fully saturated rings. The van der Waals surface area contributed by atoms with Crippen molar-refractivity contribution in [2.45, 2.75) is 18.8 Å². The lowest BCUT2D eigenvalue weighted by molar-refractivity contribution is 0.491. The fourth-order valence-electron chi connectivity index (χ4n) is 3.01. The van der Waals surface area contributed by atoms with Crippen LogP contribution in [0.1, 0.15) is 24.6 Å². The highest BCUT2D eigenvalue weighted by molar-refractivity contribution is 5.75. The molecular weight excluding hydrogens is 262 g/mol. The van der Waals surface area contributed by atoms with Gasteiger partial charge < -0.3 is 9.88 Å². The highest BCUT2D eigenvalue weighted by Crippen LogP contribution is 2.27. The third-order valence-electron chi connectivity index (χ3n) is 4.09. The number of rotatable bonds is 2. The predicted octanol–water partition coefficient (Wildman–Crippen LogP) is 2.74. The Morgan fingerprint density at radius 3 is 2.90 bits per heavy atom. The highest BCUT2D eigenvalue weighted by Gasteiger charge is 2.24. The van der Waals surface area contributed by atoms with Gasteiger partial charge in [0, 0.05) is 31.4 Å². The van der Waals surface area contributed by atoms with E-state index >= 15 is 0 Å². The predicted molar refractivity (Wildman–Crippen MR) is 82.3 cm³/mol. The van der Waals surface area contributed by atoms with Crippen LogP contribution in [0.25, 0.3) is 11.0 Å². The van der Waals surface area contributed by atoms with E-state index in [1.54, 1.807) is 0 Å². The molecule has 4 rings (SSSR count). The number of benzene rings is 1. The van der Waals surface area contributed by atoms with E-state index in [1.807, 2.05) is 42.9 Å². The maximum Gasteiger partial charge on any atom is 0.147 e. The number of para-hydroxylation sites is 2. The Morgan fingerprint density at radius 2 is 2.05 bits per heavy atom. The molecule has 0 bridgehead atoms. The number of hydrogen-bond donors (Lipinski definition) is 1. The Bertz CT molecular complexity index is 737. The Morgan fingerprint density at radius 1 is 1.14 bits per heavy atom. The Kier molecular flexibility index (Phi) is 3.03. The van der Waals surface area contributed by atoms with Gasteiger partial charge in [-0.15, -0.1) is 0 Å². The van der Waals surface area contributed by atoms with Crippen molar-refractivity contribution in [3.05, 3.63) is 48.7 Å². The molecule has 1 unspecified atom stereocenters. The average Bonchev–Trinajstić information content (AvgIpc) is 3.09. The van der Waals surface area contributed by atoms with E-state index in [1.165, 1.54) is 6.42 Å². The maximum atomic E-state index is 4.75. The Hall–Kier alpha value is -2.43. The van der Waals surface area contributed by atoms with Crippen LogP contribution in [-0.4, -0.2) is 33.0 Å². The molecular formula is C16H17N5. The first-order chi connectivity index (χ1) is 10.4. The Balaban J connectivity index is 1.62. The summed E-state index contributed by atoms with van der Waals surface area (Å²) < 4.78 is 0. The van der Waals surface area contributed by atoms with E-state index < -0.39 is 0 Å². The minimum Gasteiger partial charge on any atom is -0.355 e. The molecule has 3 aromatic rings. The van der Waals surface area contributed by atoms with Gasteiger partial charge in [-0.25, -0.2) is 9.97 Å². The zero-order valence-corrected chi connectivity index (χ0v) is 11.7. The van der Waals surface area contributed by atoms with Crippen molar-refractivity contribution in [1.82, 2.24) is 19.9 Å². The van der Waals surface area contributed by atoms with Crippen molar-refractivity contribution >= 4 is 16.9 Å². The molecule has 1 aromatic carbocycles. The molecule has 0 amide bonds. The van der Waals surface area contributed by atoms with Crippen LogP contribution in [-0.2, 0) is 0 Å². The van der Waals surface area contributed by atoms with Crippen LogP contribution >= 0.6 is 0 Å². The van der Waals surface area contributed by atoms with Crippen molar-refractivity contribution < 1.29 is 0 Å². The molecule has 3 heterocycles. The molecule has 5 nitrogen and oxygen atoms in total. The largest absolute Gasteiger partial charge is 0.355 e. The van der Waals surface area contributed by atoms with Gasteiger partial charge in [0.2, 0.25) is 0 Å². The zero-order chi connectivity index (χ0) is 14.1. The second-order valence-corrected chi connectivity index (χ2v) is 5.48. The normalized spacial score (nSPS) is 19.0. The van der Waals surface area contributed by atoms with E-state index in [0.29, 0.717) is 5.92 Å². The van der Waals surface area contributed by atoms with Gasteiger partial charge in [-0.05, 0) is 25.0 Å². The number of imidazole rings is 1. The van der Waals surface area contributed by atoms with E-state index in [2.05, 4.69) is 19.9 Å². The first-order valence-electron chi connectivity index (χ1n) is 7.36. The first kappa shape index (κ1) is 12.3. The van der Waals surface area contributed by atoms with Crippen molar-refractivity contribution in [3.8, 4) is 0 Å². The SMILES string of the molecule is c1ccc2nc(N3CCCC(c4ncc[nH]4)C3)cnc2c1. The van der Waals surface area contributed by atoms with Crippen LogP contribution < -0.4 is 4.90 Å². The second kappa shape index (κ2) is 5.16. The summed E-state index contributed by atoms with van der Waals surface area (Å²) in [5.74, 6) is 2.49. The average molecular weight is 279 g/mol. The molecule has 1 atom stereocenters. The lowest BCUT2D eigenvalue weighted by Gasteiger charge is -2.32. The third kappa shape index (κ3) is 2.35. The first-order valence-corrected chi connectivity index (χ1v) is 7.36. The summed E-state index contributed by atoms with van der Waals surface area (Å²) in [7, 11) is 0. The van der Waals surface area contributed by atoms with E-state index in [4.69, 9.17) is 4.98 Å². The summed E-state index contributed by atoms with van der Waals surface area (Å²) in [4.78, 5) is 19.2. The summed E-state index contributed by atoms with van der Waals surface area (Å²) >= 11 is 0. The zero-order valence-electron chi connectivity index (χ0n) is 11.7. The molecule has 1 saturated heterocycles. The van der Waals surface area contributed by atoms with Gasteiger partial charge in [-0.2, -0.15) is 0 Å². The summed E-state index contributed by atoms with van der Waals surface area (Å²) in [5, 5.41) is 0. The number of fused-ring (bicyclic) bond motifs is 1. The molecule has 0 spiro atoms. The number of hydrogen-bond acceptors (Lipinski definition) is 4. The van der Waals surface area contributed by atoms with E-state index in [-0.39, 0.29) is 0 Å².